The highest BCUT2D eigenvalue weighted by Crippen LogP contribution is 2.28. The predicted molar refractivity (Wildman–Crippen MR) is 79.2 cm³/mol. The van der Waals surface area contributed by atoms with Gasteiger partial charge in [-0.15, -0.1) is 0 Å². The van der Waals surface area contributed by atoms with Crippen LogP contribution in [-0.2, 0) is 10.9 Å². The summed E-state index contributed by atoms with van der Waals surface area (Å²) in [6, 6.07) is 4.68. The van der Waals surface area contributed by atoms with Gasteiger partial charge in [0.15, 0.2) is 5.11 Å². The van der Waals surface area contributed by atoms with E-state index in [4.69, 9.17) is 17.0 Å². The van der Waals surface area contributed by atoms with Gasteiger partial charge in [-0.2, -0.15) is 18.3 Å². The van der Waals surface area contributed by atoms with Crippen LogP contribution in [0.2, 0.25) is 0 Å². The van der Waals surface area contributed by atoms with Crippen molar-refractivity contribution in [3.63, 3.8) is 0 Å². The number of benzene rings is 1. The number of alkyl halides is 3. The fourth-order valence-electron chi connectivity index (χ4n) is 1.47. The molecule has 1 atom stereocenters. The molecule has 0 spiro atoms. The van der Waals surface area contributed by atoms with Gasteiger partial charge in [-0.1, -0.05) is 12.1 Å². The lowest BCUT2D eigenvalue weighted by Gasteiger charge is -2.13. The first kappa shape index (κ1) is 17.4. The highest BCUT2D eigenvalue weighted by Gasteiger charge is 2.29. The SMILES string of the molecule is COC[C@@H](C)NC(=S)N/N=C\c1ccc(C(F)(F)F)cc1. The second-order valence-corrected chi connectivity index (χ2v) is 4.73. The number of methoxy groups -OCH3 is 1. The summed E-state index contributed by atoms with van der Waals surface area (Å²) in [4.78, 5) is 0. The lowest BCUT2D eigenvalue weighted by molar-refractivity contribution is -0.137. The van der Waals surface area contributed by atoms with Crippen LogP contribution in [0.15, 0.2) is 29.4 Å². The molecular weight excluding hydrogens is 303 g/mol. The Morgan fingerprint density at radius 3 is 2.52 bits per heavy atom. The van der Waals surface area contributed by atoms with Crippen LogP contribution >= 0.6 is 12.2 Å². The van der Waals surface area contributed by atoms with Gasteiger partial charge >= 0.3 is 6.18 Å². The van der Waals surface area contributed by atoms with Gasteiger partial charge in [0.2, 0.25) is 0 Å². The van der Waals surface area contributed by atoms with Gasteiger partial charge in [-0.05, 0) is 36.8 Å². The number of hydrazone groups is 1. The molecule has 0 heterocycles. The number of nitrogens with zero attached hydrogens (tertiary/aromatic N) is 1. The van der Waals surface area contributed by atoms with Crippen molar-refractivity contribution in [3.05, 3.63) is 35.4 Å². The molecule has 1 aromatic rings. The minimum atomic E-state index is -4.34. The Morgan fingerprint density at radius 1 is 1.38 bits per heavy atom. The smallest absolute Gasteiger partial charge is 0.383 e. The zero-order valence-electron chi connectivity index (χ0n) is 11.6. The second kappa shape index (κ2) is 7.94. The Balaban J connectivity index is 2.48. The van der Waals surface area contributed by atoms with Gasteiger partial charge in [-0.25, -0.2) is 0 Å². The quantitative estimate of drug-likeness (QED) is 0.497. The average molecular weight is 319 g/mol. The molecule has 2 N–H and O–H groups in total. The first-order valence-corrected chi connectivity index (χ1v) is 6.49. The van der Waals surface area contributed by atoms with Crippen molar-refractivity contribution in [1.29, 1.82) is 0 Å². The van der Waals surface area contributed by atoms with E-state index in [-0.39, 0.29) is 6.04 Å². The molecule has 8 heteroatoms. The summed E-state index contributed by atoms with van der Waals surface area (Å²) in [5.74, 6) is 0. The van der Waals surface area contributed by atoms with Crippen LogP contribution in [0.3, 0.4) is 0 Å². The van der Waals surface area contributed by atoms with Gasteiger partial charge < -0.3 is 10.1 Å². The summed E-state index contributed by atoms with van der Waals surface area (Å²) in [6.07, 6.45) is -2.95. The highest BCUT2D eigenvalue weighted by atomic mass is 32.1. The molecule has 0 aliphatic heterocycles. The zero-order valence-corrected chi connectivity index (χ0v) is 12.4. The fraction of sp³-hybridized carbons (Fsp3) is 0.385. The fourth-order valence-corrected chi connectivity index (χ4v) is 1.73. The molecular formula is C13H16F3N3OS. The molecule has 0 amide bonds. The van der Waals surface area contributed by atoms with E-state index < -0.39 is 11.7 Å². The first-order chi connectivity index (χ1) is 9.82. The monoisotopic (exact) mass is 319 g/mol. The molecule has 0 radical (unpaired) electrons. The minimum absolute atomic E-state index is 0.0243. The van der Waals surface area contributed by atoms with Crippen LogP contribution in [0.5, 0.6) is 0 Å². The number of hydrogen-bond donors (Lipinski definition) is 2. The Morgan fingerprint density at radius 2 is 2.00 bits per heavy atom. The van der Waals surface area contributed by atoms with E-state index in [9.17, 15) is 13.2 Å². The molecule has 4 nitrogen and oxygen atoms in total. The van der Waals surface area contributed by atoms with E-state index in [1.165, 1.54) is 18.3 Å². The van der Waals surface area contributed by atoms with Crippen molar-refractivity contribution in [2.24, 2.45) is 5.10 Å². The van der Waals surface area contributed by atoms with Crippen LogP contribution in [-0.4, -0.2) is 31.1 Å². The summed E-state index contributed by atoms with van der Waals surface area (Å²) in [5.41, 5.74) is 2.41. The highest BCUT2D eigenvalue weighted by molar-refractivity contribution is 7.80. The number of rotatable bonds is 5. The summed E-state index contributed by atoms with van der Waals surface area (Å²) < 4.78 is 42.1. The third-order valence-corrected chi connectivity index (χ3v) is 2.62. The van der Waals surface area contributed by atoms with E-state index in [0.717, 1.165) is 12.1 Å². The number of nitrogens with one attached hydrogen (secondary N) is 2. The molecule has 0 saturated heterocycles. The predicted octanol–water partition coefficient (Wildman–Crippen LogP) is 2.54. The first-order valence-electron chi connectivity index (χ1n) is 6.08. The average Bonchev–Trinajstić information content (AvgIpc) is 2.38. The topological polar surface area (TPSA) is 45.6 Å². The number of ether oxygens (including phenoxy) is 1. The van der Waals surface area contributed by atoms with Crippen molar-refractivity contribution < 1.29 is 17.9 Å². The van der Waals surface area contributed by atoms with Crippen LogP contribution in [0, 0.1) is 0 Å². The molecule has 0 fully saturated rings. The summed E-state index contributed by atoms with van der Waals surface area (Å²) in [6.45, 7) is 2.38. The van der Waals surface area contributed by atoms with Gasteiger partial charge in [0.25, 0.3) is 0 Å². The summed E-state index contributed by atoms with van der Waals surface area (Å²) in [7, 11) is 1.58. The molecule has 1 rings (SSSR count). The van der Waals surface area contributed by atoms with Crippen molar-refractivity contribution >= 4 is 23.5 Å². The minimum Gasteiger partial charge on any atom is -0.383 e. The summed E-state index contributed by atoms with van der Waals surface area (Å²) in [5, 5.41) is 7.08. The van der Waals surface area contributed by atoms with E-state index in [0.29, 0.717) is 17.3 Å². The Kier molecular flexibility index (Phi) is 6.57. The Hall–Kier alpha value is -1.67. The molecule has 116 valence electrons. The van der Waals surface area contributed by atoms with Gasteiger partial charge in [0.05, 0.1) is 18.4 Å². The Labute approximate surface area is 126 Å². The standard InChI is InChI=1S/C13H16F3N3OS/c1-9(8-20-2)18-12(21)19-17-7-10-3-5-11(6-4-10)13(14,15)16/h3-7,9H,8H2,1-2H3,(H2,18,19,21)/b17-7-/t9-/m1/s1. The lowest BCUT2D eigenvalue weighted by Crippen LogP contribution is -2.40. The van der Waals surface area contributed by atoms with Gasteiger partial charge in [0.1, 0.15) is 0 Å². The molecule has 21 heavy (non-hydrogen) atoms. The number of hydrogen-bond acceptors (Lipinski definition) is 3. The molecule has 0 unspecified atom stereocenters. The zero-order chi connectivity index (χ0) is 15.9. The normalized spacial score (nSPS) is 13.2. The summed E-state index contributed by atoms with van der Waals surface area (Å²) >= 11 is 4.99. The maximum absolute atomic E-state index is 12.4. The lowest BCUT2D eigenvalue weighted by atomic mass is 10.1. The third-order valence-electron chi connectivity index (χ3n) is 2.41. The van der Waals surface area contributed by atoms with Crippen molar-refractivity contribution in [2.45, 2.75) is 19.1 Å². The van der Waals surface area contributed by atoms with E-state index in [1.807, 2.05) is 6.92 Å². The molecule has 1 aromatic carbocycles. The molecule has 0 aliphatic carbocycles. The van der Waals surface area contributed by atoms with Crippen molar-refractivity contribution in [2.75, 3.05) is 13.7 Å². The second-order valence-electron chi connectivity index (χ2n) is 4.32. The maximum Gasteiger partial charge on any atom is 0.416 e. The number of thiocarbonyl (C=S) groups is 1. The maximum atomic E-state index is 12.4. The number of halogens is 3. The molecule has 0 aromatic heterocycles. The molecule has 0 aliphatic rings. The van der Waals surface area contributed by atoms with E-state index in [1.54, 1.807) is 7.11 Å². The van der Waals surface area contributed by atoms with Crippen LogP contribution < -0.4 is 10.7 Å². The molecule has 0 saturated carbocycles. The van der Waals surface area contributed by atoms with E-state index >= 15 is 0 Å². The van der Waals surface area contributed by atoms with Crippen LogP contribution in [0.1, 0.15) is 18.1 Å². The van der Waals surface area contributed by atoms with Gasteiger partial charge in [0, 0.05) is 13.2 Å². The van der Waals surface area contributed by atoms with Crippen molar-refractivity contribution in [3.8, 4) is 0 Å². The molecule has 0 bridgehead atoms. The van der Waals surface area contributed by atoms with E-state index in [2.05, 4.69) is 15.8 Å². The Bertz CT molecular complexity index is 488. The van der Waals surface area contributed by atoms with Gasteiger partial charge in [-0.3, -0.25) is 5.43 Å². The van der Waals surface area contributed by atoms with Crippen molar-refractivity contribution in [1.82, 2.24) is 10.7 Å². The van der Waals surface area contributed by atoms with Crippen LogP contribution in [0.4, 0.5) is 13.2 Å². The van der Waals surface area contributed by atoms with Crippen LogP contribution in [0.25, 0.3) is 0 Å². The third kappa shape index (κ3) is 6.54. The largest absolute Gasteiger partial charge is 0.416 e.